The van der Waals surface area contributed by atoms with Crippen molar-refractivity contribution in [2.45, 2.75) is 26.4 Å². The van der Waals surface area contributed by atoms with Crippen molar-refractivity contribution in [1.29, 1.82) is 0 Å². The molecule has 0 N–H and O–H groups in total. The third-order valence-corrected chi connectivity index (χ3v) is 1.25. The van der Waals surface area contributed by atoms with Gasteiger partial charge >= 0.3 is 0 Å². The molecule has 1 rings (SSSR count). The molecule has 0 aliphatic heterocycles. The van der Waals surface area contributed by atoms with Crippen LogP contribution >= 0.6 is 0 Å². The molecule has 62 valence electrons. The summed E-state index contributed by atoms with van der Waals surface area (Å²) in [5, 5.41) is 0. The Morgan fingerprint density at radius 1 is 1.09 bits per heavy atom. The van der Waals surface area contributed by atoms with Gasteiger partial charge in [-0.2, -0.15) is 0 Å². The summed E-state index contributed by atoms with van der Waals surface area (Å²) in [5.41, 5.74) is 1.41. The minimum Gasteiger partial charge on any atom is -0.0750 e. The van der Waals surface area contributed by atoms with Crippen molar-refractivity contribution in [2.75, 3.05) is 0 Å². The summed E-state index contributed by atoms with van der Waals surface area (Å²) in [6, 6.07) is 10.5. The molecule has 1 heteroatoms. The Kier molecular flexibility index (Phi) is 7.16. The second-order valence-corrected chi connectivity index (χ2v) is 3.96. The van der Waals surface area contributed by atoms with Gasteiger partial charge in [0, 0.05) is 9.52 Å². The third kappa shape index (κ3) is 5.86. The minimum atomic E-state index is 0.417. The van der Waals surface area contributed by atoms with Gasteiger partial charge in [-0.1, -0.05) is 50.3 Å². The summed E-state index contributed by atoms with van der Waals surface area (Å²) in [6.45, 7) is 6.69. The van der Waals surface area contributed by atoms with Gasteiger partial charge in [0.25, 0.3) is 0 Å². The van der Waals surface area contributed by atoms with Crippen LogP contribution in [0.25, 0.3) is 0 Å². The topological polar surface area (TPSA) is 0 Å². The zero-order chi connectivity index (χ0) is 8.53. The van der Waals surface area contributed by atoms with Crippen LogP contribution in [0, 0.1) is 0 Å². The Hall–Kier alpha value is -0.563. The van der Waals surface area contributed by atoms with Crippen molar-refractivity contribution in [2.24, 2.45) is 0 Å². The van der Waals surface area contributed by atoms with E-state index >= 15 is 0 Å². The average Bonchev–Trinajstić information content (AvgIpc) is 2.08. The molecule has 1 aromatic carbocycles. The van der Waals surface area contributed by atoms with Gasteiger partial charge < -0.3 is 0 Å². The van der Waals surface area contributed by atoms with Gasteiger partial charge in [-0.15, -0.1) is 0 Å². The lowest BCUT2D eigenvalue weighted by atomic mass is 10.2. The minimum absolute atomic E-state index is 0.417. The van der Waals surface area contributed by atoms with E-state index in [1.54, 1.807) is 0 Å². The molecule has 0 aliphatic rings. The second kappa shape index (κ2) is 7.54. The van der Waals surface area contributed by atoms with Crippen LogP contribution in [0.15, 0.2) is 30.3 Å². The number of benzene rings is 1. The molecular formula is C10H18Si. The van der Waals surface area contributed by atoms with Gasteiger partial charge in [0.1, 0.15) is 0 Å². The third-order valence-electron chi connectivity index (χ3n) is 1.25. The molecular weight excluding hydrogens is 148 g/mol. The Balaban J connectivity index is 0.000000292. The summed E-state index contributed by atoms with van der Waals surface area (Å²) in [4.78, 5) is 0. The summed E-state index contributed by atoms with van der Waals surface area (Å²) in [6.07, 6.45) is 1.14. The highest BCUT2D eigenvalue weighted by atomic mass is 28.2. The Morgan fingerprint density at radius 3 is 1.82 bits per heavy atom. The number of rotatable bonds is 1. The lowest BCUT2D eigenvalue weighted by Gasteiger charge is -1.89. The molecule has 0 heterocycles. The molecule has 0 unspecified atom stereocenters. The van der Waals surface area contributed by atoms with Gasteiger partial charge in [0.2, 0.25) is 0 Å². The molecule has 0 atom stereocenters. The summed E-state index contributed by atoms with van der Waals surface area (Å²) in [7, 11) is 0.417. The van der Waals surface area contributed by atoms with Crippen molar-refractivity contribution in [3.63, 3.8) is 0 Å². The van der Waals surface area contributed by atoms with E-state index in [0.717, 1.165) is 6.42 Å². The van der Waals surface area contributed by atoms with Crippen molar-refractivity contribution in [1.82, 2.24) is 0 Å². The van der Waals surface area contributed by atoms with E-state index in [1.807, 2.05) is 6.07 Å². The lowest BCUT2D eigenvalue weighted by Crippen LogP contribution is -1.73. The van der Waals surface area contributed by atoms with Crippen LogP contribution in [-0.4, -0.2) is 9.52 Å². The van der Waals surface area contributed by atoms with Gasteiger partial charge in [0.15, 0.2) is 0 Å². The Bertz CT molecular complexity index is 158. The zero-order valence-electron chi connectivity index (χ0n) is 7.80. The molecule has 0 saturated heterocycles. The molecule has 0 aromatic heterocycles. The summed E-state index contributed by atoms with van der Waals surface area (Å²) in [5.74, 6) is 0. The molecule has 0 radical (unpaired) electrons. The average molecular weight is 166 g/mol. The van der Waals surface area contributed by atoms with E-state index < -0.39 is 0 Å². The van der Waals surface area contributed by atoms with E-state index in [9.17, 15) is 0 Å². The first-order chi connectivity index (χ1) is 5.35. The van der Waals surface area contributed by atoms with E-state index in [2.05, 4.69) is 44.3 Å². The first-order valence-electron chi connectivity index (χ1n) is 4.39. The fraction of sp³-hybridized carbons (Fsp3) is 0.400. The quantitative estimate of drug-likeness (QED) is 0.562. The summed E-state index contributed by atoms with van der Waals surface area (Å²) >= 11 is 0. The number of hydrogen-bond donors (Lipinski definition) is 0. The van der Waals surface area contributed by atoms with Gasteiger partial charge in [-0.05, 0) is 12.0 Å². The maximum absolute atomic E-state index is 2.26. The highest BCUT2D eigenvalue weighted by molar-refractivity contribution is 6.31. The smallest absolute Gasteiger partial charge is 0.0135 e. The molecule has 0 amide bonds. The predicted octanol–water partition coefficient (Wildman–Crippen LogP) is 2.50. The maximum atomic E-state index is 2.26. The van der Waals surface area contributed by atoms with Gasteiger partial charge in [-0.3, -0.25) is 0 Å². The molecule has 0 saturated carbocycles. The predicted molar refractivity (Wildman–Crippen MR) is 56.1 cm³/mol. The maximum Gasteiger partial charge on any atom is 0.0135 e. The van der Waals surface area contributed by atoms with Crippen molar-refractivity contribution < 1.29 is 0 Å². The van der Waals surface area contributed by atoms with Crippen LogP contribution < -0.4 is 0 Å². The van der Waals surface area contributed by atoms with E-state index in [0.29, 0.717) is 9.52 Å². The van der Waals surface area contributed by atoms with E-state index in [4.69, 9.17) is 0 Å². The highest BCUT2D eigenvalue weighted by Gasteiger charge is 1.79. The van der Waals surface area contributed by atoms with Crippen LogP contribution in [0.5, 0.6) is 0 Å². The largest absolute Gasteiger partial charge is 0.0750 e. The van der Waals surface area contributed by atoms with Crippen LogP contribution in [0.1, 0.15) is 12.5 Å². The van der Waals surface area contributed by atoms with Crippen molar-refractivity contribution in [3.05, 3.63) is 35.9 Å². The lowest BCUT2D eigenvalue weighted by molar-refractivity contribution is 1.14. The SMILES string of the molecule is CCc1ccccc1.C[SiH2]C. The number of hydrogen-bond acceptors (Lipinski definition) is 0. The van der Waals surface area contributed by atoms with Gasteiger partial charge in [-0.25, -0.2) is 0 Å². The number of aryl methyl sites for hydroxylation is 1. The van der Waals surface area contributed by atoms with Crippen LogP contribution in [-0.2, 0) is 6.42 Å². The Morgan fingerprint density at radius 2 is 1.55 bits per heavy atom. The molecule has 0 aliphatic carbocycles. The van der Waals surface area contributed by atoms with Crippen molar-refractivity contribution >= 4 is 9.52 Å². The first kappa shape index (κ1) is 10.4. The molecule has 0 fully saturated rings. The molecule has 11 heavy (non-hydrogen) atoms. The van der Waals surface area contributed by atoms with Crippen LogP contribution in [0.3, 0.4) is 0 Å². The summed E-state index contributed by atoms with van der Waals surface area (Å²) < 4.78 is 0. The zero-order valence-corrected chi connectivity index (χ0v) is 9.22. The fourth-order valence-electron chi connectivity index (χ4n) is 0.714. The second-order valence-electron chi connectivity index (χ2n) is 2.55. The molecule has 0 spiro atoms. The van der Waals surface area contributed by atoms with Gasteiger partial charge in [0.05, 0.1) is 0 Å². The Labute approximate surface area is 72.5 Å². The monoisotopic (exact) mass is 166 g/mol. The molecule has 1 aromatic rings. The molecule has 0 bridgehead atoms. The first-order valence-corrected chi connectivity index (χ1v) is 7.21. The van der Waals surface area contributed by atoms with Crippen LogP contribution in [0.2, 0.25) is 13.1 Å². The van der Waals surface area contributed by atoms with Crippen LogP contribution in [0.4, 0.5) is 0 Å². The van der Waals surface area contributed by atoms with E-state index in [-0.39, 0.29) is 0 Å². The normalized spacial score (nSPS) is 8.27. The highest BCUT2D eigenvalue weighted by Crippen LogP contribution is 1.96. The molecule has 0 nitrogen and oxygen atoms in total. The van der Waals surface area contributed by atoms with E-state index in [1.165, 1.54) is 5.56 Å². The van der Waals surface area contributed by atoms with Crippen molar-refractivity contribution in [3.8, 4) is 0 Å². The standard InChI is InChI=1S/C8H10.C2H8Si/c1-2-8-6-4-3-5-7-8;1-3-2/h3-7H,2H2,1H3;3H2,1-2H3. The fourth-order valence-corrected chi connectivity index (χ4v) is 0.714.